The summed E-state index contributed by atoms with van der Waals surface area (Å²) < 4.78 is 27.0. The van der Waals surface area contributed by atoms with Gasteiger partial charge in [0.2, 0.25) is 15.9 Å². The molecule has 0 aromatic heterocycles. The number of hydrogen-bond donors (Lipinski definition) is 1. The zero-order valence-corrected chi connectivity index (χ0v) is 16.5. The molecule has 1 aliphatic heterocycles. The number of nitrogens with zero attached hydrogens (tertiary/aromatic N) is 2. The van der Waals surface area contributed by atoms with E-state index < -0.39 is 26.9 Å². The third-order valence-corrected chi connectivity index (χ3v) is 6.79. The van der Waals surface area contributed by atoms with Crippen LogP contribution in [0.25, 0.3) is 0 Å². The molecule has 0 saturated carbocycles. The van der Waals surface area contributed by atoms with Crippen molar-refractivity contribution in [3.8, 4) is 0 Å². The van der Waals surface area contributed by atoms with Gasteiger partial charge in [0.1, 0.15) is 6.04 Å². The van der Waals surface area contributed by atoms with Gasteiger partial charge in [-0.05, 0) is 49.6 Å². The maximum atomic E-state index is 12.9. The van der Waals surface area contributed by atoms with E-state index in [1.54, 1.807) is 6.92 Å². The van der Waals surface area contributed by atoms with E-state index in [1.165, 1.54) is 42.5 Å². The minimum atomic E-state index is -3.87. The Balaban J connectivity index is 1.85. The lowest BCUT2D eigenvalue weighted by atomic mass is 10.1. The molecule has 1 amide bonds. The predicted molar refractivity (Wildman–Crippen MR) is 105 cm³/mol. The van der Waals surface area contributed by atoms with Crippen LogP contribution >= 0.6 is 11.6 Å². The van der Waals surface area contributed by atoms with Crippen LogP contribution in [-0.4, -0.2) is 36.1 Å². The maximum absolute atomic E-state index is 12.9. The molecule has 1 N–H and O–H groups in total. The van der Waals surface area contributed by atoms with Gasteiger partial charge in [0.05, 0.1) is 15.5 Å². The van der Waals surface area contributed by atoms with Gasteiger partial charge < -0.3 is 5.32 Å². The van der Waals surface area contributed by atoms with Crippen LogP contribution in [0.5, 0.6) is 0 Å². The van der Waals surface area contributed by atoms with Crippen molar-refractivity contribution in [2.45, 2.75) is 30.7 Å². The van der Waals surface area contributed by atoms with Crippen molar-refractivity contribution in [1.82, 2.24) is 4.31 Å². The zero-order chi connectivity index (χ0) is 20.5. The van der Waals surface area contributed by atoms with E-state index >= 15 is 0 Å². The summed E-state index contributed by atoms with van der Waals surface area (Å²) in [5.74, 6) is -0.515. The van der Waals surface area contributed by atoms with Crippen molar-refractivity contribution in [3.63, 3.8) is 0 Å². The monoisotopic (exact) mass is 423 g/mol. The largest absolute Gasteiger partial charge is 0.324 e. The van der Waals surface area contributed by atoms with Crippen LogP contribution < -0.4 is 5.32 Å². The van der Waals surface area contributed by atoms with Crippen molar-refractivity contribution < 1.29 is 18.1 Å². The number of nitrogens with one attached hydrogen (secondary N) is 1. The van der Waals surface area contributed by atoms with Crippen LogP contribution in [0.2, 0.25) is 5.02 Å². The summed E-state index contributed by atoms with van der Waals surface area (Å²) in [5, 5.41) is 14.0. The summed E-state index contributed by atoms with van der Waals surface area (Å²) in [4.78, 5) is 23.3. The number of benzene rings is 2. The number of sulfonamides is 1. The van der Waals surface area contributed by atoms with E-state index in [2.05, 4.69) is 5.32 Å². The summed E-state index contributed by atoms with van der Waals surface area (Å²) in [6, 6.07) is 9.01. The van der Waals surface area contributed by atoms with E-state index in [0.29, 0.717) is 23.4 Å². The lowest BCUT2D eigenvalue weighted by Crippen LogP contribution is -2.43. The Labute approximate surface area is 167 Å². The third-order valence-electron chi connectivity index (χ3n) is 4.62. The highest BCUT2D eigenvalue weighted by Crippen LogP contribution is 2.29. The van der Waals surface area contributed by atoms with Gasteiger partial charge in [-0.15, -0.1) is 0 Å². The molecule has 0 unspecified atom stereocenters. The van der Waals surface area contributed by atoms with Crippen molar-refractivity contribution in [3.05, 3.63) is 63.2 Å². The number of carbonyl (C=O) groups is 1. The first kappa shape index (κ1) is 20.2. The van der Waals surface area contributed by atoms with Crippen LogP contribution in [0, 0.1) is 17.0 Å². The summed E-state index contributed by atoms with van der Waals surface area (Å²) in [5.41, 5.74) is 0.775. The van der Waals surface area contributed by atoms with Gasteiger partial charge in [0, 0.05) is 23.7 Å². The van der Waals surface area contributed by atoms with E-state index in [0.717, 1.165) is 4.31 Å². The number of carbonyl (C=O) groups excluding carboxylic acids is 1. The van der Waals surface area contributed by atoms with E-state index in [1.807, 2.05) is 0 Å². The number of rotatable bonds is 5. The molecular formula is C18H18ClN3O5S. The summed E-state index contributed by atoms with van der Waals surface area (Å²) in [6.07, 6.45) is 0.908. The van der Waals surface area contributed by atoms with Crippen LogP contribution in [0.4, 0.5) is 11.4 Å². The molecule has 10 heteroatoms. The fourth-order valence-corrected chi connectivity index (χ4v) is 4.89. The number of hydrogen-bond acceptors (Lipinski definition) is 5. The van der Waals surface area contributed by atoms with Gasteiger partial charge in [-0.2, -0.15) is 4.31 Å². The molecule has 0 spiro atoms. The average molecular weight is 424 g/mol. The van der Waals surface area contributed by atoms with Crippen molar-refractivity contribution >= 4 is 38.9 Å². The molecule has 2 aromatic carbocycles. The second-order valence-corrected chi connectivity index (χ2v) is 8.80. The molecule has 148 valence electrons. The quantitative estimate of drug-likeness (QED) is 0.585. The molecule has 28 heavy (non-hydrogen) atoms. The highest BCUT2D eigenvalue weighted by atomic mass is 35.5. The van der Waals surface area contributed by atoms with Crippen molar-refractivity contribution in [2.24, 2.45) is 0 Å². The van der Waals surface area contributed by atoms with Gasteiger partial charge in [0.25, 0.3) is 5.69 Å². The Bertz CT molecular complexity index is 1020. The minimum Gasteiger partial charge on any atom is -0.324 e. The number of aryl methyl sites for hydroxylation is 1. The van der Waals surface area contributed by atoms with E-state index in [-0.39, 0.29) is 22.8 Å². The van der Waals surface area contributed by atoms with Crippen LogP contribution in [0.3, 0.4) is 0 Å². The number of nitro groups is 1. The predicted octanol–water partition coefficient (Wildman–Crippen LogP) is 3.35. The summed E-state index contributed by atoms with van der Waals surface area (Å²) in [6.45, 7) is 1.92. The highest BCUT2D eigenvalue weighted by molar-refractivity contribution is 7.89. The average Bonchev–Trinajstić information content (AvgIpc) is 3.14. The minimum absolute atomic E-state index is 0.0585. The Hall–Kier alpha value is -2.49. The highest BCUT2D eigenvalue weighted by Gasteiger charge is 2.39. The van der Waals surface area contributed by atoms with Crippen molar-refractivity contribution in [1.29, 1.82) is 0 Å². The van der Waals surface area contributed by atoms with E-state index in [9.17, 15) is 23.3 Å². The Morgan fingerprint density at radius 1 is 1.25 bits per heavy atom. The smallest absolute Gasteiger partial charge is 0.271 e. The maximum Gasteiger partial charge on any atom is 0.271 e. The van der Waals surface area contributed by atoms with Crippen molar-refractivity contribution in [2.75, 3.05) is 11.9 Å². The number of anilines is 1. The van der Waals surface area contributed by atoms with Crippen LogP contribution in [0.1, 0.15) is 18.4 Å². The van der Waals surface area contributed by atoms with Gasteiger partial charge >= 0.3 is 0 Å². The Morgan fingerprint density at radius 3 is 2.57 bits per heavy atom. The first-order valence-electron chi connectivity index (χ1n) is 8.53. The van der Waals surface area contributed by atoms with Gasteiger partial charge in [-0.1, -0.05) is 17.7 Å². The van der Waals surface area contributed by atoms with Crippen LogP contribution in [-0.2, 0) is 14.8 Å². The molecular weight excluding hydrogens is 406 g/mol. The summed E-state index contributed by atoms with van der Waals surface area (Å²) >= 11 is 5.82. The number of amides is 1. The fourth-order valence-electron chi connectivity index (χ4n) is 3.11. The standard InChI is InChI=1S/C18H18ClN3O5S/c1-12-4-7-14(22(24)25)11-16(12)20-18(23)17-3-2-10-21(17)28(26,27)15-8-5-13(19)6-9-15/h4-9,11,17H,2-3,10H2,1H3,(H,20,23)/t17-/m0/s1. The Kier molecular flexibility index (Phi) is 5.69. The Morgan fingerprint density at radius 2 is 1.93 bits per heavy atom. The topological polar surface area (TPSA) is 110 Å². The molecule has 1 aliphatic rings. The molecule has 0 aliphatic carbocycles. The second kappa shape index (κ2) is 7.86. The molecule has 0 radical (unpaired) electrons. The SMILES string of the molecule is Cc1ccc([N+](=O)[O-])cc1NC(=O)[C@@H]1CCCN1S(=O)(=O)c1ccc(Cl)cc1. The third kappa shape index (κ3) is 4.01. The lowest BCUT2D eigenvalue weighted by Gasteiger charge is -2.23. The number of non-ortho nitro benzene ring substituents is 1. The second-order valence-electron chi connectivity index (χ2n) is 6.47. The lowest BCUT2D eigenvalue weighted by molar-refractivity contribution is -0.384. The summed E-state index contributed by atoms with van der Waals surface area (Å²) in [7, 11) is -3.87. The van der Waals surface area contributed by atoms with Gasteiger partial charge in [0.15, 0.2) is 0 Å². The first-order valence-corrected chi connectivity index (χ1v) is 10.4. The molecule has 0 bridgehead atoms. The normalized spacial score (nSPS) is 17.4. The zero-order valence-electron chi connectivity index (χ0n) is 15.0. The number of nitro benzene ring substituents is 1. The van der Waals surface area contributed by atoms with E-state index in [4.69, 9.17) is 11.6 Å². The fraction of sp³-hybridized carbons (Fsp3) is 0.278. The van der Waals surface area contributed by atoms with Gasteiger partial charge in [-0.25, -0.2) is 8.42 Å². The molecule has 1 atom stereocenters. The molecule has 2 aromatic rings. The molecule has 1 saturated heterocycles. The first-order chi connectivity index (χ1) is 13.2. The van der Waals surface area contributed by atoms with Crippen LogP contribution in [0.15, 0.2) is 47.4 Å². The molecule has 1 fully saturated rings. The molecule has 1 heterocycles. The number of halogens is 1. The molecule has 8 nitrogen and oxygen atoms in total. The van der Waals surface area contributed by atoms with Gasteiger partial charge in [-0.3, -0.25) is 14.9 Å². The molecule has 3 rings (SSSR count).